The monoisotopic (exact) mass is 326 g/mol. The molecule has 0 unspecified atom stereocenters. The number of urea groups is 1. The summed E-state index contributed by atoms with van der Waals surface area (Å²) in [6.07, 6.45) is 2.07. The van der Waals surface area contributed by atoms with Gasteiger partial charge in [-0.15, -0.1) is 0 Å². The second-order valence-corrected chi connectivity index (χ2v) is 5.80. The number of benzene rings is 2. The Bertz CT molecular complexity index is 713. The third kappa shape index (κ3) is 3.62. The van der Waals surface area contributed by atoms with Crippen molar-refractivity contribution in [3.63, 3.8) is 0 Å². The van der Waals surface area contributed by atoms with E-state index >= 15 is 0 Å². The number of carbonyl (C=O) groups excluding carboxylic acids is 1. The summed E-state index contributed by atoms with van der Waals surface area (Å²) in [7, 11) is 3.24. The molecule has 1 fully saturated rings. The number of nitrogens with zero attached hydrogens (tertiary/aromatic N) is 1. The van der Waals surface area contributed by atoms with E-state index in [0.29, 0.717) is 18.0 Å². The summed E-state index contributed by atoms with van der Waals surface area (Å²) in [4.78, 5) is 14.7. The van der Waals surface area contributed by atoms with Crippen LogP contribution >= 0.6 is 0 Å². The molecule has 1 saturated carbocycles. The highest BCUT2D eigenvalue weighted by molar-refractivity contribution is 5.91. The minimum absolute atomic E-state index is 0.118. The fraction of sp³-hybridized carbons (Fsp3) is 0.316. The van der Waals surface area contributed by atoms with Crippen molar-refractivity contribution in [1.82, 2.24) is 4.90 Å². The number of anilines is 1. The number of carbonyl (C=O) groups is 1. The summed E-state index contributed by atoms with van der Waals surface area (Å²) in [5.41, 5.74) is 1.68. The fourth-order valence-corrected chi connectivity index (χ4v) is 2.70. The molecular weight excluding hydrogens is 304 g/mol. The summed E-state index contributed by atoms with van der Waals surface area (Å²) < 4.78 is 10.7. The molecule has 0 saturated heterocycles. The molecule has 0 atom stereocenters. The second-order valence-electron chi connectivity index (χ2n) is 5.80. The number of rotatable bonds is 6. The molecule has 24 heavy (non-hydrogen) atoms. The molecule has 0 aromatic heterocycles. The van der Waals surface area contributed by atoms with Gasteiger partial charge in [0.1, 0.15) is 11.5 Å². The van der Waals surface area contributed by atoms with Crippen LogP contribution in [0.2, 0.25) is 0 Å². The van der Waals surface area contributed by atoms with E-state index in [2.05, 4.69) is 5.32 Å². The lowest BCUT2D eigenvalue weighted by Gasteiger charge is -2.24. The Balaban J connectivity index is 1.77. The maximum atomic E-state index is 12.8. The fourth-order valence-electron chi connectivity index (χ4n) is 2.70. The van der Waals surface area contributed by atoms with Crippen molar-refractivity contribution in [2.24, 2.45) is 0 Å². The molecule has 0 heterocycles. The van der Waals surface area contributed by atoms with Crippen LogP contribution in [0.4, 0.5) is 10.5 Å². The molecule has 5 nitrogen and oxygen atoms in total. The molecule has 2 aromatic carbocycles. The normalized spacial score (nSPS) is 13.2. The Kier molecular flexibility index (Phi) is 4.89. The zero-order valence-electron chi connectivity index (χ0n) is 14.0. The molecule has 0 aliphatic heterocycles. The number of nitrogens with one attached hydrogen (secondary N) is 1. The molecule has 0 bridgehead atoms. The van der Waals surface area contributed by atoms with E-state index in [-0.39, 0.29) is 12.1 Å². The average Bonchev–Trinajstić information content (AvgIpc) is 3.45. The van der Waals surface area contributed by atoms with Crippen LogP contribution in [0.3, 0.4) is 0 Å². The number of hydrogen-bond donors (Lipinski definition) is 1. The van der Waals surface area contributed by atoms with Crippen molar-refractivity contribution >= 4 is 11.7 Å². The van der Waals surface area contributed by atoms with Gasteiger partial charge in [-0.25, -0.2) is 4.79 Å². The molecule has 1 N–H and O–H groups in total. The van der Waals surface area contributed by atoms with Crippen molar-refractivity contribution in [1.29, 1.82) is 0 Å². The first-order chi connectivity index (χ1) is 11.7. The molecule has 1 aliphatic carbocycles. The van der Waals surface area contributed by atoms with E-state index in [0.717, 1.165) is 24.2 Å². The van der Waals surface area contributed by atoms with Crippen molar-refractivity contribution in [3.05, 3.63) is 54.1 Å². The summed E-state index contributed by atoms with van der Waals surface area (Å²) in [5.74, 6) is 1.45. The van der Waals surface area contributed by atoms with Gasteiger partial charge in [-0.2, -0.15) is 0 Å². The van der Waals surface area contributed by atoms with Crippen LogP contribution in [-0.2, 0) is 6.54 Å². The molecule has 0 radical (unpaired) electrons. The van der Waals surface area contributed by atoms with Crippen LogP contribution in [0, 0.1) is 0 Å². The highest BCUT2D eigenvalue weighted by atomic mass is 16.5. The van der Waals surface area contributed by atoms with Crippen LogP contribution in [0.5, 0.6) is 11.5 Å². The molecular formula is C19H22N2O3. The number of amides is 2. The predicted octanol–water partition coefficient (Wildman–Crippen LogP) is 3.90. The van der Waals surface area contributed by atoms with Crippen molar-refractivity contribution in [2.45, 2.75) is 25.4 Å². The minimum atomic E-state index is -0.118. The summed E-state index contributed by atoms with van der Waals surface area (Å²) in [6.45, 7) is 0.523. The van der Waals surface area contributed by atoms with Crippen LogP contribution in [0.15, 0.2) is 48.5 Å². The Morgan fingerprint density at radius 2 is 1.67 bits per heavy atom. The Morgan fingerprint density at radius 3 is 2.33 bits per heavy atom. The van der Waals surface area contributed by atoms with Gasteiger partial charge in [0.25, 0.3) is 0 Å². The lowest BCUT2D eigenvalue weighted by Crippen LogP contribution is -2.36. The Morgan fingerprint density at radius 1 is 1.04 bits per heavy atom. The molecule has 0 spiro atoms. The van der Waals surface area contributed by atoms with Crippen molar-refractivity contribution < 1.29 is 14.3 Å². The number of hydrogen-bond acceptors (Lipinski definition) is 3. The number of ether oxygens (including phenoxy) is 2. The van der Waals surface area contributed by atoms with Gasteiger partial charge in [-0.3, -0.25) is 0 Å². The third-order valence-electron chi connectivity index (χ3n) is 4.13. The Labute approximate surface area is 142 Å². The summed E-state index contributed by atoms with van der Waals surface area (Å²) >= 11 is 0. The first-order valence-corrected chi connectivity index (χ1v) is 8.05. The molecule has 5 heteroatoms. The zero-order chi connectivity index (χ0) is 16.9. The van der Waals surface area contributed by atoms with Crippen molar-refractivity contribution in [2.75, 3.05) is 19.5 Å². The third-order valence-corrected chi connectivity index (χ3v) is 4.13. The predicted molar refractivity (Wildman–Crippen MR) is 93.6 cm³/mol. The average molecular weight is 326 g/mol. The first-order valence-electron chi connectivity index (χ1n) is 8.05. The standard InChI is InChI=1S/C19H22N2O3/c1-23-17-9-5-3-7-14(17)13-21(15-11-12-15)19(22)20-16-8-4-6-10-18(16)24-2/h3-10,15H,11-13H2,1-2H3,(H,20,22). The lowest BCUT2D eigenvalue weighted by molar-refractivity contribution is 0.205. The van der Waals surface area contributed by atoms with Crippen LogP contribution < -0.4 is 14.8 Å². The maximum absolute atomic E-state index is 12.8. The summed E-state index contributed by atoms with van der Waals surface area (Å²) in [5, 5.41) is 2.96. The van der Waals surface area contributed by atoms with Gasteiger partial charge in [0.2, 0.25) is 0 Å². The highest BCUT2D eigenvalue weighted by Crippen LogP contribution is 2.32. The van der Waals surface area contributed by atoms with Crippen LogP contribution in [0.1, 0.15) is 18.4 Å². The first kappa shape index (κ1) is 16.2. The van der Waals surface area contributed by atoms with Crippen LogP contribution in [0.25, 0.3) is 0 Å². The van der Waals surface area contributed by atoms with Gasteiger partial charge < -0.3 is 19.7 Å². The maximum Gasteiger partial charge on any atom is 0.322 e. The van der Waals surface area contributed by atoms with E-state index in [1.54, 1.807) is 14.2 Å². The van der Waals surface area contributed by atoms with Crippen LogP contribution in [-0.4, -0.2) is 31.2 Å². The van der Waals surface area contributed by atoms with E-state index in [1.165, 1.54) is 0 Å². The van der Waals surface area contributed by atoms with Gasteiger partial charge in [-0.05, 0) is 31.0 Å². The Hall–Kier alpha value is -2.69. The van der Waals surface area contributed by atoms with Gasteiger partial charge >= 0.3 is 6.03 Å². The SMILES string of the molecule is COc1ccccc1CN(C(=O)Nc1ccccc1OC)C1CC1. The number of methoxy groups -OCH3 is 2. The molecule has 3 rings (SSSR count). The molecule has 2 aromatic rings. The smallest absolute Gasteiger partial charge is 0.322 e. The van der Waals surface area contributed by atoms with Gasteiger partial charge in [-0.1, -0.05) is 30.3 Å². The van der Waals surface area contributed by atoms with Gasteiger partial charge in [0, 0.05) is 11.6 Å². The zero-order valence-corrected chi connectivity index (χ0v) is 14.0. The van der Waals surface area contributed by atoms with E-state index in [4.69, 9.17) is 9.47 Å². The van der Waals surface area contributed by atoms with E-state index in [1.807, 2.05) is 53.4 Å². The topological polar surface area (TPSA) is 50.8 Å². The quantitative estimate of drug-likeness (QED) is 0.876. The lowest BCUT2D eigenvalue weighted by atomic mass is 10.2. The van der Waals surface area contributed by atoms with Gasteiger partial charge in [0.05, 0.1) is 26.5 Å². The van der Waals surface area contributed by atoms with Crippen molar-refractivity contribution in [3.8, 4) is 11.5 Å². The largest absolute Gasteiger partial charge is 0.496 e. The minimum Gasteiger partial charge on any atom is -0.496 e. The number of para-hydroxylation sites is 3. The summed E-state index contributed by atoms with van der Waals surface area (Å²) in [6, 6.07) is 15.4. The van der Waals surface area contributed by atoms with Gasteiger partial charge in [0.15, 0.2) is 0 Å². The highest BCUT2D eigenvalue weighted by Gasteiger charge is 2.33. The molecule has 126 valence electrons. The van der Waals surface area contributed by atoms with E-state index < -0.39 is 0 Å². The second kappa shape index (κ2) is 7.25. The molecule has 1 aliphatic rings. The molecule has 2 amide bonds. The van der Waals surface area contributed by atoms with E-state index in [9.17, 15) is 4.79 Å².